The normalized spacial score (nSPS) is 21.1. The zero-order valence-electron chi connectivity index (χ0n) is 9.76. The first-order valence-electron chi connectivity index (χ1n) is 5.49. The average molecular weight is 273 g/mol. The molecule has 1 aromatic heterocycles. The molecule has 1 fully saturated rings. The predicted molar refractivity (Wildman–Crippen MR) is 68.5 cm³/mol. The first kappa shape index (κ1) is 12.7. The molecule has 0 aromatic carbocycles. The summed E-state index contributed by atoms with van der Waals surface area (Å²) in [7, 11) is 0. The van der Waals surface area contributed by atoms with Crippen LogP contribution in [0.3, 0.4) is 0 Å². The third-order valence-electron chi connectivity index (χ3n) is 3.29. The summed E-state index contributed by atoms with van der Waals surface area (Å²) in [5, 5.41) is 3.47. The summed E-state index contributed by atoms with van der Waals surface area (Å²) < 4.78 is 0. The van der Waals surface area contributed by atoms with Crippen LogP contribution in [0.2, 0.25) is 10.2 Å². The molecule has 2 rings (SSSR count). The van der Waals surface area contributed by atoms with Crippen molar-refractivity contribution in [3.63, 3.8) is 0 Å². The van der Waals surface area contributed by atoms with Crippen LogP contribution in [0.1, 0.15) is 30.6 Å². The average Bonchev–Trinajstić information content (AvgIpc) is 2.87. The summed E-state index contributed by atoms with van der Waals surface area (Å²) in [5.41, 5.74) is 0.734. The number of nitrogens with one attached hydrogen (secondary N) is 1. The van der Waals surface area contributed by atoms with E-state index in [9.17, 15) is 4.79 Å². The van der Waals surface area contributed by atoms with E-state index in [1.165, 1.54) is 12.3 Å². The van der Waals surface area contributed by atoms with Crippen molar-refractivity contribution >= 4 is 29.1 Å². The summed E-state index contributed by atoms with van der Waals surface area (Å²) in [6.45, 7) is 5.07. The minimum Gasteiger partial charge on any atom is -0.352 e. The Balaban J connectivity index is 1.98. The van der Waals surface area contributed by atoms with Gasteiger partial charge in [-0.05, 0) is 23.8 Å². The number of hydrogen-bond donors (Lipinski definition) is 1. The van der Waals surface area contributed by atoms with E-state index in [1.807, 2.05) is 0 Å². The second-order valence-electron chi connectivity index (χ2n) is 5.09. The highest BCUT2D eigenvalue weighted by atomic mass is 35.5. The lowest BCUT2D eigenvalue weighted by Crippen LogP contribution is -2.26. The molecule has 1 heterocycles. The number of carbonyl (C=O) groups excluding carboxylic acids is 1. The lowest BCUT2D eigenvalue weighted by Gasteiger charge is -2.07. The van der Waals surface area contributed by atoms with Gasteiger partial charge in [0.25, 0.3) is 5.91 Å². The molecule has 1 aliphatic rings. The van der Waals surface area contributed by atoms with Gasteiger partial charge in [0, 0.05) is 12.7 Å². The summed E-state index contributed by atoms with van der Waals surface area (Å²) in [5.74, 6) is 0.365. The van der Waals surface area contributed by atoms with Gasteiger partial charge in [-0.1, -0.05) is 37.0 Å². The third-order valence-corrected chi connectivity index (χ3v) is 3.80. The number of hydrogen-bond acceptors (Lipinski definition) is 2. The van der Waals surface area contributed by atoms with Gasteiger partial charge in [-0.25, -0.2) is 4.98 Å². The van der Waals surface area contributed by atoms with Crippen LogP contribution >= 0.6 is 23.2 Å². The molecule has 0 bridgehead atoms. The standard InChI is InChI=1S/C12H14Cl2N2O/c1-12(2)4-7(12)5-16-11(17)8-3-10(14)15-6-9(8)13/h3,6-7H,4-5H2,1-2H3,(H,16,17). The highest BCUT2D eigenvalue weighted by molar-refractivity contribution is 6.35. The Hall–Kier alpha value is -0.800. The van der Waals surface area contributed by atoms with E-state index < -0.39 is 0 Å². The van der Waals surface area contributed by atoms with Crippen LogP contribution in [-0.4, -0.2) is 17.4 Å². The molecule has 92 valence electrons. The maximum absolute atomic E-state index is 11.9. The fraction of sp³-hybridized carbons (Fsp3) is 0.500. The first-order valence-corrected chi connectivity index (χ1v) is 6.25. The molecule has 5 heteroatoms. The van der Waals surface area contributed by atoms with Crippen molar-refractivity contribution in [1.82, 2.24) is 10.3 Å². The van der Waals surface area contributed by atoms with Gasteiger partial charge >= 0.3 is 0 Å². The topological polar surface area (TPSA) is 42.0 Å². The number of carbonyl (C=O) groups is 1. The van der Waals surface area contributed by atoms with Gasteiger partial charge < -0.3 is 5.32 Å². The van der Waals surface area contributed by atoms with Crippen LogP contribution in [0.25, 0.3) is 0 Å². The number of amides is 1. The van der Waals surface area contributed by atoms with Crippen LogP contribution in [0.15, 0.2) is 12.3 Å². The van der Waals surface area contributed by atoms with Gasteiger partial charge in [-0.15, -0.1) is 0 Å². The Morgan fingerprint density at radius 2 is 2.24 bits per heavy atom. The van der Waals surface area contributed by atoms with Crippen molar-refractivity contribution in [3.8, 4) is 0 Å². The lowest BCUT2D eigenvalue weighted by atomic mass is 10.1. The Morgan fingerprint density at radius 1 is 1.59 bits per heavy atom. The Kier molecular flexibility index (Phi) is 3.32. The van der Waals surface area contributed by atoms with Crippen LogP contribution in [-0.2, 0) is 0 Å². The maximum atomic E-state index is 11.9. The van der Waals surface area contributed by atoms with Crippen LogP contribution < -0.4 is 5.32 Å². The van der Waals surface area contributed by atoms with E-state index in [0.717, 1.165) is 6.42 Å². The van der Waals surface area contributed by atoms with Crippen LogP contribution in [0, 0.1) is 11.3 Å². The minimum atomic E-state index is -0.193. The molecule has 0 saturated heterocycles. The van der Waals surface area contributed by atoms with Crippen molar-refractivity contribution in [2.45, 2.75) is 20.3 Å². The summed E-state index contributed by atoms with van der Waals surface area (Å²) in [4.78, 5) is 15.7. The quantitative estimate of drug-likeness (QED) is 0.859. The molecular formula is C12H14Cl2N2O. The first-order chi connectivity index (χ1) is 7.90. The number of nitrogens with zero attached hydrogens (tertiary/aromatic N) is 1. The predicted octanol–water partition coefficient (Wildman–Crippen LogP) is 3.16. The zero-order valence-corrected chi connectivity index (χ0v) is 11.3. The van der Waals surface area contributed by atoms with E-state index in [4.69, 9.17) is 23.2 Å². The molecule has 1 aliphatic carbocycles. The molecular weight excluding hydrogens is 259 g/mol. The Bertz CT molecular complexity index is 460. The van der Waals surface area contributed by atoms with Crippen molar-refractivity contribution in [2.24, 2.45) is 11.3 Å². The molecule has 1 atom stereocenters. The molecule has 17 heavy (non-hydrogen) atoms. The van der Waals surface area contributed by atoms with Crippen molar-refractivity contribution in [1.29, 1.82) is 0 Å². The molecule has 3 nitrogen and oxygen atoms in total. The number of aromatic nitrogens is 1. The smallest absolute Gasteiger partial charge is 0.252 e. The maximum Gasteiger partial charge on any atom is 0.252 e. The molecule has 1 aromatic rings. The fourth-order valence-electron chi connectivity index (χ4n) is 1.82. The van der Waals surface area contributed by atoms with E-state index >= 15 is 0 Å². The molecule has 1 N–H and O–H groups in total. The fourth-order valence-corrected chi connectivity index (χ4v) is 2.17. The monoisotopic (exact) mass is 272 g/mol. The van der Waals surface area contributed by atoms with Crippen molar-refractivity contribution < 1.29 is 4.79 Å². The van der Waals surface area contributed by atoms with Gasteiger partial charge in [-0.2, -0.15) is 0 Å². The second kappa shape index (κ2) is 4.46. The van der Waals surface area contributed by atoms with Crippen molar-refractivity contribution in [3.05, 3.63) is 28.0 Å². The molecule has 0 spiro atoms. The van der Waals surface area contributed by atoms with Crippen LogP contribution in [0.4, 0.5) is 0 Å². The molecule has 1 unspecified atom stereocenters. The van der Waals surface area contributed by atoms with E-state index in [0.29, 0.717) is 28.5 Å². The number of halogens is 2. The number of rotatable bonds is 3. The molecule has 0 aliphatic heterocycles. The minimum absolute atomic E-state index is 0.193. The highest BCUT2D eigenvalue weighted by Gasteiger charge is 2.45. The molecule has 1 amide bonds. The van der Waals surface area contributed by atoms with E-state index in [1.54, 1.807) is 0 Å². The van der Waals surface area contributed by atoms with Gasteiger partial charge in [0.15, 0.2) is 0 Å². The SMILES string of the molecule is CC1(C)CC1CNC(=O)c1cc(Cl)ncc1Cl. The molecule has 0 radical (unpaired) electrons. The third kappa shape index (κ3) is 2.90. The zero-order chi connectivity index (χ0) is 12.6. The summed E-state index contributed by atoms with van der Waals surface area (Å²) >= 11 is 11.6. The van der Waals surface area contributed by atoms with Gasteiger partial charge in [0.05, 0.1) is 10.6 Å². The second-order valence-corrected chi connectivity index (χ2v) is 5.88. The van der Waals surface area contributed by atoms with Crippen LogP contribution in [0.5, 0.6) is 0 Å². The van der Waals surface area contributed by atoms with Crippen molar-refractivity contribution in [2.75, 3.05) is 6.54 Å². The number of pyridine rings is 1. The van der Waals surface area contributed by atoms with Gasteiger partial charge in [0.1, 0.15) is 5.15 Å². The van der Waals surface area contributed by atoms with Gasteiger partial charge in [-0.3, -0.25) is 4.79 Å². The van der Waals surface area contributed by atoms with E-state index in [2.05, 4.69) is 24.1 Å². The Morgan fingerprint density at radius 3 is 2.82 bits per heavy atom. The summed E-state index contributed by atoms with van der Waals surface area (Å²) in [6.07, 6.45) is 2.54. The highest BCUT2D eigenvalue weighted by Crippen LogP contribution is 2.50. The Labute approximate surface area is 111 Å². The van der Waals surface area contributed by atoms with E-state index in [-0.39, 0.29) is 11.1 Å². The largest absolute Gasteiger partial charge is 0.352 e. The van der Waals surface area contributed by atoms with Gasteiger partial charge in [0.2, 0.25) is 0 Å². The molecule has 1 saturated carbocycles. The summed E-state index contributed by atoms with van der Waals surface area (Å²) in [6, 6.07) is 1.48. The lowest BCUT2D eigenvalue weighted by molar-refractivity contribution is 0.0950.